The molecule has 0 spiro atoms. The Labute approximate surface area is 97.7 Å². The van der Waals surface area contributed by atoms with Crippen LogP contribution in [0.1, 0.15) is 36.5 Å². The van der Waals surface area contributed by atoms with E-state index in [1.165, 1.54) is 29.5 Å². The van der Waals surface area contributed by atoms with E-state index in [9.17, 15) is 5.11 Å². The maximum absolute atomic E-state index is 9.65. The van der Waals surface area contributed by atoms with Crippen LogP contribution in [-0.2, 0) is 5.54 Å². The van der Waals surface area contributed by atoms with Crippen molar-refractivity contribution >= 4 is 0 Å². The van der Waals surface area contributed by atoms with Crippen LogP contribution in [0.15, 0.2) is 18.2 Å². The molecule has 1 aliphatic carbocycles. The number of aliphatic hydroxyl groups excluding tert-OH is 1. The molecule has 0 saturated heterocycles. The van der Waals surface area contributed by atoms with Crippen LogP contribution in [0.5, 0.6) is 0 Å². The minimum Gasteiger partial charge on any atom is -0.394 e. The van der Waals surface area contributed by atoms with Gasteiger partial charge in [-0.3, -0.25) is 0 Å². The zero-order valence-corrected chi connectivity index (χ0v) is 10.4. The molecule has 2 heteroatoms. The quantitative estimate of drug-likeness (QED) is 0.814. The molecule has 1 unspecified atom stereocenters. The van der Waals surface area contributed by atoms with Crippen LogP contribution in [0, 0.1) is 13.8 Å². The second-order valence-corrected chi connectivity index (χ2v) is 5.23. The molecule has 88 valence electrons. The van der Waals surface area contributed by atoms with Crippen molar-refractivity contribution in [2.45, 2.75) is 45.2 Å². The highest BCUT2D eigenvalue weighted by Crippen LogP contribution is 2.30. The van der Waals surface area contributed by atoms with E-state index in [0.717, 1.165) is 0 Å². The van der Waals surface area contributed by atoms with Gasteiger partial charge in [-0.05, 0) is 44.7 Å². The predicted molar refractivity (Wildman–Crippen MR) is 66.5 cm³/mol. The van der Waals surface area contributed by atoms with Gasteiger partial charge in [0.1, 0.15) is 0 Å². The molecular weight excluding hydrogens is 198 g/mol. The third kappa shape index (κ3) is 2.28. The Balaban J connectivity index is 2.30. The van der Waals surface area contributed by atoms with Crippen molar-refractivity contribution in [3.63, 3.8) is 0 Å². The fourth-order valence-corrected chi connectivity index (χ4v) is 2.32. The fraction of sp³-hybridized carbons (Fsp3) is 0.571. The van der Waals surface area contributed by atoms with Crippen molar-refractivity contribution in [3.05, 3.63) is 34.9 Å². The molecule has 1 aliphatic rings. The third-order valence-electron chi connectivity index (χ3n) is 3.39. The highest BCUT2D eigenvalue weighted by Gasteiger charge is 2.34. The molecule has 0 aliphatic heterocycles. The molecule has 0 aromatic heterocycles. The first-order valence-corrected chi connectivity index (χ1v) is 6.01. The Bertz CT molecular complexity index is 384. The van der Waals surface area contributed by atoms with Crippen molar-refractivity contribution in [2.75, 3.05) is 6.61 Å². The van der Waals surface area contributed by atoms with Crippen molar-refractivity contribution in [1.82, 2.24) is 5.32 Å². The molecule has 2 rings (SSSR count). The average molecular weight is 219 g/mol. The monoisotopic (exact) mass is 219 g/mol. The van der Waals surface area contributed by atoms with Crippen molar-refractivity contribution in [3.8, 4) is 0 Å². The van der Waals surface area contributed by atoms with Gasteiger partial charge in [0, 0.05) is 6.04 Å². The van der Waals surface area contributed by atoms with E-state index < -0.39 is 0 Å². The van der Waals surface area contributed by atoms with Gasteiger partial charge in [0.05, 0.1) is 12.1 Å². The number of hydrogen-bond donors (Lipinski definition) is 2. The van der Waals surface area contributed by atoms with Crippen molar-refractivity contribution < 1.29 is 5.11 Å². The third-order valence-corrected chi connectivity index (χ3v) is 3.39. The summed E-state index contributed by atoms with van der Waals surface area (Å²) in [6.45, 7) is 6.45. The Kier molecular flexibility index (Phi) is 3.04. The van der Waals surface area contributed by atoms with Crippen LogP contribution in [0.25, 0.3) is 0 Å². The minimum atomic E-state index is -0.293. The maximum Gasteiger partial charge on any atom is 0.0652 e. The zero-order chi connectivity index (χ0) is 11.8. The van der Waals surface area contributed by atoms with E-state index in [0.29, 0.717) is 6.04 Å². The maximum atomic E-state index is 9.65. The lowest BCUT2D eigenvalue weighted by atomic mass is 9.88. The summed E-state index contributed by atoms with van der Waals surface area (Å²) in [7, 11) is 0. The van der Waals surface area contributed by atoms with E-state index in [2.05, 4.69) is 44.3 Å². The van der Waals surface area contributed by atoms with Gasteiger partial charge in [-0.1, -0.05) is 23.8 Å². The Morgan fingerprint density at radius 1 is 1.38 bits per heavy atom. The lowest BCUT2D eigenvalue weighted by Crippen LogP contribution is -2.44. The van der Waals surface area contributed by atoms with Crippen LogP contribution < -0.4 is 5.32 Å². The topological polar surface area (TPSA) is 32.3 Å². The average Bonchev–Trinajstić information content (AvgIpc) is 3.01. The van der Waals surface area contributed by atoms with E-state index in [1.54, 1.807) is 0 Å². The molecule has 1 saturated carbocycles. The molecule has 1 aromatic rings. The molecule has 1 aromatic carbocycles. The van der Waals surface area contributed by atoms with E-state index in [1.807, 2.05) is 0 Å². The van der Waals surface area contributed by atoms with Crippen LogP contribution >= 0.6 is 0 Å². The van der Waals surface area contributed by atoms with Gasteiger partial charge in [-0.25, -0.2) is 0 Å². The lowest BCUT2D eigenvalue weighted by molar-refractivity contribution is 0.172. The molecule has 0 bridgehead atoms. The van der Waals surface area contributed by atoms with Crippen LogP contribution in [0.3, 0.4) is 0 Å². The summed E-state index contributed by atoms with van der Waals surface area (Å²) < 4.78 is 0. The lowest BCUT2D eigenvalue weighted by Gasteiger charge is -2.31. The largest absolute Gasteiger partial charge is 0.394 e. The number of aliphatic hydroxyl groups is 1. The molecule has 1 fully saturated rings. The molecule has 2 N–H and O–H groups in total. The highest BCUT2D eigenvalue weighted by atomic mass is 16.3. The first kappa shape index (κ1) is 11.6. The molecular formula is C14H21NO. The summed E-state index contributed by atoms with van der Waals surface area (Å²) >= 11 is 0. The molecule has 0 radical (unpaired) electrons. The summed E-state index contributed by atoms with van der Waals surface area (Å²) in [5.74, 6) is 0. The Hall–Kier alpha value is -0.860. The second kappa shape index (κ2) is 4.19. The van der Waals surface area contributed by atoms with Gasteiger partial charge >= 0.3 is 0 Å². The summed E-state index contributed by atoms with van der Waals surface area (Å²) in [4.78, 5) is 0. The van der Waals surface area contributed by atoms with Crippen LogP contribution in [0.2, 0.25) is 0 Å². The smallest absolute Gasteiger partial charge is 0.0652 e. The SMILES string of the molecule is Cc1ccc(C(C)(CO)NC2CC2)c(C)c1. The van der Waals surface area contributed by atoms with E-state index in [4.69, 9.17) is 0 Å². The first-order valence-electron chi connectivity index (χ1n) is 6.01. The number of hydrogen-bond acceptors (Lipinski definition) is 2. The molecule has 0 heterocycles. The normalized spacial score (nSPS) is 19.5. The number of rotatable bonds is 4. The highest BCUT2D eigenvalue weighted by molar-refractivity contribution is 5.36. The number of aryl methyl sites for hydroxylation is 2. The van der Waals surface area contributed by atoms with E-state index >= 15 is 0 Å². The molecule has 1 atom stereocenters. The Morgan fingerprint density at radius 2 is 2.06 bits per heavy atom. The standard InChI is InChI=1S/C14H21NO/c1-10-4-7-13(11(2)8-10)14(3,9-16)15-12-5-6-12/h4,7-8,12,15-16H,5-6,9H2,1-3H3. The van der Waals surface area contributed by atoms with Crippen LogP contribution in [-0.4, -0.2) is 17.8 Å². The van der Waals surface area contributed by atoms with Gasteiger partial charge in [-0.15, -0.1) is 0 Å². The number of nitrogens with one attached hydrogen (secondary N) is 1. The summed E-state index contributed by atoms with van der Waals surface area (Å²) in [6.07, 6.45) is 2.47. The van der Waals surface area contributed by atoms with Gasteiger partial charge in [0.15, 0.2) is 0 Å². The molecule has 16 heavy (non-hydrogen) atoms. The second-order valence-electron chi connectivity index (χ2n) is 5.23. The first-order chi connectivity index (χ1) is 7.55. The van der Waals surface area contributed by atoms with Crippen molar-refractivity contribution in [1.29, 1.82) is 0 Å². The summed E-state index contributed by atoms with van der Waals surface area (Å²) in [5.41, 5.74) is 3.45. The summed E-state index contributed by atoms with van der Waals surface area (Å²) in [5, 5.41) is 13.2. The molecule has 2 nitrogen and oxygen atoms in total. The Morgan fingerprint density at radius 3 is 2.56 bits per heavy atom. The van der Waals surface area contributed by atoms with Gasteiger partial charge in [-0.2, -0.15) is 0 Å². The minimum absolute atomic E-state index is 0.146. The zero-order valence-electron chi connectivity index (χ0n) is 10.4. The van der Waals surface area contributed by atoms with Gasteiger partial charge < -0.3 is 10.4 Å². The van der Waals surface area contributed by atoms with Crippen LogP contribution in [0.4, 0.5) is 0 Å². The molecule has 0 amide bonds. The number of benzene rings is 1. The van der Waals surface area contributed by atoms with Gasteiger partial charge in [0.25, 0.3) is 0 Å². The predicted octanol–water partition coefficient (Wildman–Crippen LogP) is 2.26. The van der Waals surface area contributed by atoms with Crippen molar-refractivity contribution in [2.24, 2.45) is 0 Å². The fourth-order valence-electron chi connectivity index (χ4n) is 2.32. The van der Waals surface area contributed by atoms with Gasteiger partial charge in [0.2, 0.25) is 0 Å². The van der Waals surface area contributed by atoms with E-state index in [-0.39, 0.29) is 12.1 Å². The summed E-state index contributed by atoms with van der Waals surface area (Å²) in [6, 6.07) is 7.02.